The summed E-state index contributed by atoms with van der Waals surface area (Å²) in [5.41, 5.74) is -0.0554. The Bertz CT molecular complexity index is 289. The predicted octanol–water partition coefficient (Wildman–Crippen LogP) is 2.04. The lowest BCUT2D eigenvalue weighted by Crippen LogP contribution is -2.52. The van der Waals surface area contributed by atoms with Gasteiger partial charge in [0.05, 0.1) is 11.1 Å². The number of thioether (sulfide) groups is 1. The second-order valence-electron chi connectivity index (χ2n) is 5.44. The van der Waals surface area contributed by atoms with Crippen LogP contribution in [0.25, 0.3) is 0 Å². The van der Waals surface area contributed by atoms with Crippen LogP contribution in [0.5, 0.6) is 0 Å². The highest BCUT2D eigenvalue weighted by molar-refractivity contribution is 7.99. The van der Waals surface area contributed by atoms with Crippen molar-refractivity contribution in [1.29, 1.82) is 0 Å². The molecule has 2 rings (SSSR count). The Hall–Kier alpha value is -0.170. The van der Waals surface area contributed by atoms with E-state index in [1.165, 1.54) is 12.2 Å². The Morgan fingerprint density at radius 1 is 1.56 bits per heavy atom. The molecule has 1 N–H and O–H groups in total. The maximum Gasteiger partial charge on any atom is 0.0795 e. The molecule has 2 nitrogen and oxygen atoms in total. The SMILES string of the molecule is C#CC(C)(C)NC1CCOC2(CCSC2)C1. The highest BCUT2D eigenvalue weighted by Gasteiger charge is 2.41. The molecule has 2 unspecified atom stereocenters. The van der Waals surface area contributed by atoms with E-state index in [-0.39, 0.29) is 11.1 Å². The summed E-state index contributed by atoms with van der Waals surface area (Å²) in [4.78, 5) is 0. The summed E-state index contributed by atoms with van der Waals surface area (Å²) >= 11 is 2.01. The van der Waals surface area contributed by atoms with Crippen molar-refractivity contribution in [1.82, 2.24) is 5.32 Å². The Kier molecular flexibility index (Phi) is 3.53. The van der Waals surface area contributed by atoms with Crippen LogP contribution in [0.3, 0.4) is 0 Å². The minimum absolute atomic E-state index is 0.144. The van der Waals surface area contributed by atoms with Gasteiger partial charge in [0, 0.05) is 18.4 Å². The van der Waals surface area contributed by atoms with Crippen molar-refractivity contribution < 1.29 is 4.74 Å². The van der Waals surface area contributed by atoms with Crippen LogP contribution in [0.15, 0.2) is 0 Å². The van der Waals surface area contributed by atoms with E-state index in [9.17, 15) is 0 Å². The van der Waals surface area contributed by atoms with Gasteiger partial charge in [-0.15, -0.1) is 6.42 Å². The van der Waals surface area contributed by atoms with Crippen molar-refractivity contribution in [3.05, 3.63) is 0 Å². The van der Waals surface area contributed by atoms with Crippen LogP contribution in [0.2, 0.25) is 0 Å². The van der Waals surface area contributed by atoms with Crippen LogP contribution in [0.1, 0.15) is 33.1 Å². The number of nitrogens with one attached hydrogen (secondary N) is 1. The van der Waals surface area contributed by atoms with E-state index in [0.717, 1.165) is 25.2 Å². The third kappa shape index (κ3) is 2.74. The molecule has 2 heterocycles. The molecular weight excluding hydrogens is 218 g/mol. The molecule has 0 aliphatic carbocycles. The van der Waals surface area contributed by atoms with E-state index in [0.29, 0.717) is 6.04 Å². The van der Waals surface area contributed by atoms with Gasteiger partial charge in [-0.2, -0.15) is 11.8 Å². The second kappa shape index (κ2) is 4.60. The van der Waals surface area contributed by atoms with Gasteiger partial charge in [0.1, 0.15) is 0 Å². The molecule has 16 heavy (non-hydrogen) atoms. The van der Waals surface area contributed by atoms with Gasteiger partial charge in [-0.3, -0.25) is 5.32 Å². The van der Waals surface area contributed by atoms with Crippen LogP contribution in [-0.2, 0) is 4.74 Å². The molecule has 1 spiro atoms. The van der Waals surface area contributed by atoms with Crippen molar-refractivity contribution in [2.45, 2.75) is 50.3 Å². The van der Waals surface area contributed by atoms with Gasteiger partial charge >= 0.3 is 0 Å². The third-order valence-corrected chi connectivity index (χ3v) is 4.71. The van der Waals surface area contributed by atoms with E-state index in [4.69, 9.17) is 11.2 Å². The van der Waals surface area contributed by atoms with Crippen molar-refractivity contribution in [2.75, 3.05) is 18.1 Å². The molecule has 0 aromatic carbocycles. The maximum atomic E-state index is 5.99. The van der Waals surface area contributed by atoms with E-state index >= 15 is 0 Å². The lowest BCUT2D eigenvalue weighted by Gasteiger charge is -2.40. The van der Waals surface area contributed by atoms with E-state index in [1.807, 2.05) is 11.8 Å². The number of ether oxygens (including phenoxy) is 1. The van der Waals surface area contributed by atoms with Crippen LogP contribution < -0.4 is 5.32 Å². The molecule has 2 atom stereocenters. The van der Waals surface area contributed by atoms with Crippen LogP contribution in [0.4, 0.5) is 0 Å². The van der Waals surface area contributed by atoms with Gasteiger partial charge in [0.2, 0.25) is 0 Å². The molecule has 2 aliphatic heterocycles. The van der Waals surface area contributed by atoms with Crippen molar-refractivity contribution >= 4 is 11.8 Å². The minimum Gasteiger partial charge on any atom is -0.374 e. The predicted molar refractivity (Wildman–Crippen MR) is 69.7 cm³/mol. The number of terminal acetylenes is 1. The second-order valence-corrected chi connectivity index (χ2v) is 6.54. The first-order chi connectivity index (χ1) is 7.55. The average molecular weight is 239 g/mol. The molecule has 2 saturated heterocycles. The molecular formula is C13H21NOS. The number of hydrogen-bond donors (Lipinski definition) is 1. The fraction of sp³-hybridized carbons (Fsp3) is 0.846. The summed E-state index contributed by atoms with van der Waals surface area (Å²) in [5, 5.41) is 3.57. The Labute approximate surface area is 103 Å². The van der Waals surface area contributed by atoms with Crippen LogP contribution in [-0.4, -0.2) is 35.3 Å². The molecule has 0 bridgehead atoms. The normalized spacial score (nSPS) is 35.2. The molecule has 0 radical (unpaired) electrons. The van der Waals surface area contributed by atoms with Crippen molar-refractivity contribution in [3.8, 4) is 12.3 Å². The van der Waals surface area contributed by atoms with E-state index in [2.05, 4.69) is 25.1 Å². The van der Waals surface area contributed by atoms with Crippen LogP contribution in [0, 0.1) is 12.3 Å². The van der Waals surface area contributed by atoms with E-state index < -0.39 is 0 Å². The summed E-state index contributed by atoms with van der Waals surface area (Å²) in [5.74, 6) is 5.21. The van der Waals surface area contributed by atoms with Gasteiger partial charge in [0.25, 0.3) is 0 Å². The van der Waals surface area contributed by atoms with Gasteiger partial charge in [-0.1, -0.05) is 5.92 Å². The minimum atomic E-state index is -0.199. The smallest absolute Gasteiger partial charge is 0.0795 e. The molecule has 0 aromatic rings. The monoisotopic (exact) mass is 239 g/mol. The zero-order valence-electron chi connectivity index (χ0n) is 10.2. The fourth-order valence-corrected chi connectivity index (χ4v) is 3.94. The van der Waals surface area contributed by atoms with Crippen LogP contribution >= 0.6 is 11.8 Å². The van der Waals surface area contributed by atoms with Gasteiger partial charge < -0.3 is 4.74 Å². The Balaban J connectivity index is 1.95. The van der Waals surface area contributed by atoms with E-state index in [1.54, 1.807) is 0 Å². The van der Waals surface area contributed by atoms with Gasteiger partial charge in [0.15, 0.2) is 0 Å². The van der Waals surface area contributed by atoms with Crippen molar-refractivity contribution in [2.24, 2.45) is 0 Å². The quantitative estimate of drug-likeness (QED) is 0.745. The molecule has 0 aromatic heterocycles. The third-order valence-electron chi connectivity index (χ3n) is 3.49. The molecule has 90 valence electrons. The Morgan fingerprint density at radius 3 is 3.00 bits per heavy atom. The molecule has 2 fully saturated rings. The first-order valence-electron chi connectivity index (χ1n) is 6.02. The summed E-state index contributed by atoms with van der Waals surface area (Å²) in [6.45, 7) is 5.01. The number of rotatable bonds is 2. The molecule has 2 aliphatic rings. The summed E-state index contributed by atoms with van der Waals surface area (Å²) in [7, 11) is 0. The first-order valence-corrected chi connectivity index (χ1v) is 7.18. The highest BCUT2D eigenvalue weighted by Crippen LogP contribution is 2.38. The summed E-state index contributed by atoms with van der Waals surface area (Å²) in [6.07, 6.45) is 8.92. The zero-order chi connectivity index (χ0) is 11.6. The fourth-order valence-electron chi connectivity index (χ4n) is 2.57. The highest BCUT2D eigenvalue weighted by atomic mass is 32.2. The van der Waals surface area contributed by atoms with Gasteiger partial charge in [-0.25, -0.2) is 0 Å². The first kappa shape index (κ1) is 12.3. The Morgan fingerprint density at radius 2 is 2.38 bits per heavy atom. The summed E-state index contributed by atoms with van der Waals surface area (Å²) in [6, 6.07) is 0.512. The summed E-state index contributed by atoms with van der Waals surface area (Å²) < 4.78 is 5.99. The van der Waals surface area contributed by atoms with Gasteiger partial charge in [-0.05, 0) is 38.9 Å². The molecule has 3 heteroatoms. The zero-order valence-corrected chi connectivity index (χ0v) is 11.0. The topological polar surface area (TPSA) is 21.3 Å². The molecule has 0 saturated carbocycles. The lowest BCUT2D eigenvalue weighted by atomic mass is 9.88. The maximum absolute atomic E-state index is 5.99. The lowest BCUT2D eigenvalue weighted by molar-refractivity contribution is -0.0719. The standard InChI is InChI=1S/C13H21NOS/c1-4-12(2,3)14-11-5-7-15-13(9-11)6-8-16-10-13/h1,11,14H,5-10H2,2-3H3. The largest absolute Gasteiger partial charge is 0.374 e. The number of hydrogen-bond acceptors (Lipinski definition) is 3. The van der Waals surface area contributed by atoms with Crippen molar-refractivity contribution in [3.63, 3.8) is 0 Å². The molecule has 0 amide bonds. The average Bonchev–Trinajstić information content (AvgIpc) is 2.66.